The van der Waals surface area contributed by atoms with Crippen LogP contribution in [0.15, 0.2) is 14.4 Å². The van der Waals surface area contributed by atoms with Gasteiger partial charge in [-0.3, -0.25) is 4.79 Å². The van der Waals surface area contributed by atoms with Crippen molar-refractivity contribution in [1.29, 1.82) is 0 Å². The average molecular weight is 325 g/mol. The largest absolute Gasteiger partial charge is 0.301 e. The van der Waals surface area contributed by atoms with Crippen LogP contribution in [0.25, 0.3) is 10.9 Å². The van der Waals surface area contributed by atoms with Crippen molar-refractivity contribution in [2.75, 3.05) is 6.26 Å². The van der Waals surface area contributed by atoms with E-state index in [1.165, 1.54) is 0 Å². The lowest BCUT2D eigenvalue weighted by molar-refractivity contribution is 0.497. The number of nitrogens with one attached hydrogen (secondary N) is 1. The predicted molar refractivity (Wildman–Crippen MR) is 61.7 cm³/mol. The summed E-state index contributed by atoms with van der Waals surface area (Å²) in [5.74, 6) is -3.96. The van der Waals surface area contributed by atoms with Gasteiger partial charge in [-0.05, 0) is 22.2 Å². The summed E-state index contributed by atoms with van der Waals surface area (Å²) >= 11 is 3.63. The lowest BCUT2D eigenvalue weighted by Crippen LogP contribution is -2.13. The van der Waals surface area contributed by atoms with Crippen LogP contribution in [-0.4, -0.2) is 16.2 Å². The van der Waals surface area contributed by atoms with Crippen LogP contribution < -0.4 is 5.56 Å². The van der Waals surface area contributed by atoms with Gasteiger partial charge in [-0.1, -0.05) is 11.8 Å². The van der Waals surface area contributed by atoms with E-state index in [4.69, 9.17) is 0 Å². The number of fused-ring (bicyclic) bond motifs is 1. The first kappa shape index (κ1) is 12.4. The highest BCUT2D eigenvalue weighted by atomic mass is 79.9. The molecule has 8 heteroatoms. The molecule has 0 saturated heterocycles. The van der Waals surface area contributed by atoms with Crippen molar-refractivity contribution in [3.05, 3.63) is 32.3 Å². The second-order valence-electron chi connectivity index (χ2n) is 3.05. The Morgan fingerprint density at radius 2 is 1.88 bits per heavy atom. The molecule has 3 nitrogen and oxygen atoms in total. The van der Waals surface area contributed by atoms with Crippen molar-refractivity contribution in [2.24, 2.45) is 0 Å². The number of thioether (sulfide) groups is 1. The molecular weight excluding hydrogens is 321 g/mol. The molecule has 1 aromatic carbocycles. The number of rotatable bonds is 1. The first-order valence-corrected chi connectivity index (χ1v) is 6.29. The molecule has 0 aliphatic rings. The second kappa shape index (κ2) is 4.34. The quantitative estimate of drug-likeness (QED) is 0.380. The Morgan fingerprint density at radius 1 is 1.24 bits per heavy atom. The molecule has 0 unspecified atom stereocenters. The normalized spacial score (nSPS) is 11.1. The number of halogens is 4. The molecule has 0 bridgehead atoms. The number of aromatic nitrogens is 2. The van der Waals surface area contributed by atoms with E-state index in [-0.39, 0.29) is 5.16 Å². The molecule has 0 amide bonds. The van der Waals surface area contributed by atoms with Gasteiger partial charge in [-0.15, -0.1) is 0 Å². The van der Waals surface area contributed by atoms with E-state index in [9.17, 15) is 18.0 Å². The molecule has 0 spiro atoms. The number of hydrogen-bond acceptors (Lipinski definition) is 3. The number of hydrogen-bond donors (Lipinski definition) is 1. The summed E-state index contributed by atoms with van der Waals surface area (Å²) < 4.78 is 39.7. The summed E-state index contributed by atoms with van der Waals surface area (Å²) in [6, 6.07) is 0. The Kier molecular flexibility index (Phi) is 3.17. The Balaban J connectivity index is 3.06. The third-order valence-corrected chi connectivity index (χ3v) is 3.37. The fourth-order valence-corrected chi connectivity index (χ4v) is 2.06. The van der Waals surface area contributed by atoms with Crippen molar-refractivity contribution < 1.29 is 13.2 Å². The zero-order chi connectivity index (χ0) is 12.7. The Hall–Kier alpha value is -1.02. The minimum atomic E-state index is -1.45. The molecule has 0 fully saturated rings. The SMILES string of the molecule is CSc1nc2c(F)c(Br)c(F)c(F)c2c(=O)[nH]1. The van der Waals surface area contributed by atoms with E-state index in [1.54, 1.807) is 6.26 Å². The fourth-order valence-electron chi connectivity index (χ4n) is 1.32. The molecule has 1 heterocycles. The van der Waals surface area contributed by atoms with Crippen molar-refractivity contribution in [3.8, 4) is 0 Å². The van der Waals surface area contributed by atoms with Gasteiger partial charge in [0, 0.05) is 0 Å². The third-order valence-electron chi connectivity index (χ3n) is 2.10. The van der Waals surface area contributed by atoms with Crippen LogP contribution in [0.4, 0.5) is 13.2 Å². The number of H-pyrrole nitrogens is 1. The standard InChI is InChI=1S/C9H4BrF3N2OS/c1-17-9-14-7-2(8(16)15-9)4(11)5(12)3(10)6(7)13/h1H3,(H,14,15,16). The van der Waals surface area contributed by atoms with E-state index in [1.807, 2.05) is 0 Å². The maximum Gasteiger partial charge on any atom is 0.262 e. The van der Waals surface area contributed by atoms with E-state index < -0.39 is 38.4 Å². The van der Waals surface area contributed by atoms with E-state index in [0.717, 1.165) is 11.8 Å². The molecule has 0 atom stereocenters. The molecule has 90 valence electrons. The van der Waals surface area contributed by atoms with Gasteiger partial charge < -0.3 is 4.98 Å². The van der Waals surface area contributed by atoms with Crippen molar-refractivity contribution >= 4 is 38.6 Å². The minimum absolute atomic E-state index is 0.124. The molecule has 1 N–H and O–H groups in total. The zero-order valence-corrected chi connectivity index (χ0v) is 10.7. The van der Waals surface area contributed by atoms with Crippen LogP contribution in [0, 0.1) is 17.5 Å². The maximum absolute atomic E-state index is 13.7. The van der Waals surface area contributed by atoms with Gasteiger partial charge >= 0.3 is 0 Å². The highest BCUT2D eigenvalue weighted by Gasteiger charge is 2.22. The molecule has 0 aliphatic heterocycles. The summed E-state index contributed by atoms with van der Waals surface area (Å²) in [7, 11) is 0. The summed E-state index contributed by atoms with van der Waals surface area (Å²) in [5.41, 5.74) is -1.41. The molecule has 0 saturated carbocycles. The van der Waals surface area contributed by atoms with E-state index in [0.29, 0.717) is 0 Å². The Labute approximate surface area is 106 Å². The molecule has 2 rings (SSSR count). The summed E-state index contributed by atoms with van der Waals surface area (Å²) in [6.45, 7) is 0. The monoisotopic (exact) mass is 324 g/mol. The average Bonchev–Trinajstić information content (AvgIpc) is 2.32. The van der Waals surface area contributed by atoms with Crippen molar-refractivity contribution in [3.63, 3.8) is 0 Å². The van der Waals surface area contributed by atoms with Gasteiger partial charge in [-0.25, -0.2) is 18.2 Å². The van der Waals surface area contributed by atoms with Gasteiger partial charge in [0.25, 0.3) is 5.56 Å². The number of aromatic amines is 1. The first-order chi connectivity index (χ1) is 7.97. The van der Waals surface area contributed by atoms with Crippen LogP contribution in [0.3, 0.4) is 0 Å². The molecular formula is C9H4BrF3N2OS. The predicted octanol–water partition coefficient (Wildman–Crippen LogP) is 2.82. The van der Waals surface area contributed by atoms with Crippen LogP contribution >= 0.6 is 27.7 Å². The maximum atomic E-state index is 13.7. The highest BCUT2D eigenvalue weighted by molar-refractivity contribution is 9.10. The molecule has 0 radical (unpaired) electrons. The Bertz CT molecular complexity index is 674. The van der Waals surface area contributed by atoms with Crippen molar-refractivity contribution in [2.45, 2.75) is 5.16 Å². The third kappa shape index (κ3) is 1.85. The lowest BCUT2D eigenvalue weighted by Gasteiger charge is -2.05. The fraction of sp³-hybridized carbons (Fsp3) is 0.111. The molecule has 0 aliphatic carbocycles. The van der Waals surface area contributed by atoms with Crippen molar-refractivity contribution in [1.82, 2.24) is 9.97 Å². The summed E-state index contributed by atoms with van der Waals surface area (Å²) in [6.07, 6.45) is 1.61. The van der Waals surface area contributed by atoms with Gasteiger partial charge in [0.15, 0.2) is 22.6 Å². The lowest BCUT2D eigenvalue weighted by atomic mass is 10.2. The summed E-state index contributed by atoms with van der Waals surface area (Å²) in [5, 5.41) is -0.597. The van der Waals surface area contributed by atoms with Gasteiger partial charge in [0.05, 0.1) is 4.47 Å². The molecule has 1 aromatic heterocycles. The van der Waals surface area contributed by atoms with Crippen LogP contribution in [0.1, 0.15) is 0 Å². The van der Waals surface area contributed by atoms with E-state index >= 15 is 0 Å². The minimum Gasteiger partial charge on any atom is -0.301 e. The number of nitrogens with zero attached hydrogens (tertiary/aromatic N) is 1. The topological polar surface area (TPSA) is 45.8 Å². The van der Waals surface area contributed by atoms with Crippen LogP contribution in [0.5, 0.6) is 0 Å². The highest BCUT2D eigenvalue weighted by Crippen LogP contribution is 2.28. The van der Waals surface area contributed by atoms with Crippen LogP contribution in [0.2, 0.25) is 0 Å². The van der Waals surface area contributed by atoms with Crippen LogP contribution in [-0.2, 0) is 0 Å². The van der Waals surface area contributed by atoms with Gasteiger partial charge in [-0.2, -0.15) is 0 Å². The second-order valence-corrected chi connectivity index (χ2v) is 4.64. The zero-order valence-electron chi connectivity index (χ0n) is 8.28. The number of benzene rings is 1. The summed E-state index contributed by atoms with van der Waals surface area (Å²) in [4.78, 5) is 17.4. The van der Waals surface area contributed by atoms with E-state index in [2.05, 4.69) is 25.9 Å². The molecule has 17 heavy (non-hydrogen) atoms. The molecule has 2 aromatic rings. The first-order valence-electron chi connectivity index (χ1n) is 4.27. The van der Waals surface area contributed by atoms with Gasteiger partial charge in [0.2, 0.25) is 0 Å². The Morgan fingerprint density at radius 3 is 2.47 bits per heavy atom. The smallest absolute Gasteiger partial charge is 0.262 e. The van der Waals surface area contributed by atoms with Gasteiger partial charge in [0.1, 0.15) is 10.9 Å².